The highest BCUT2D eigenvalue weighted by atomic mass is 15.4. The molecule has 1 rings (SSSR count). The summed E-state index contributed by atoms with van der Waals surface area (Å²) >= 11 is 0. The van der Waals surface area contributed by atoms with Gasteiger partial charge in [-0.1, -0.05) is 5.21 Å². The molecule has 0 spiro atoms. The van der Waals surface area contributed by atoms with Gasteiger partial charge in [0, 0.05) is 18.8 Å². The summed E-state index contributed by atoms with van der Waals surface area (Å²) in [5, 5.41) is 19.1. The van der Waals surface area contributed by atoms with Crippen LogP contribution in [0.3, 0.4) is 0 Å². The summed E-state index contributed by atoms with van der Waals surface area (Å²) in [5.74, 6) is 0. The average molecular weight is 179 g/mol. The first kappa shape index (κ1) is 9.68. The number of nitriles is 1. The fraction of sp³-hybridized carbons (Fsp3) is 0.625. The molecule has 13 heavy (non-hydrogen) atoms. The first-order valence-electron chi connectivity index (χ1n) is 4.27. The normalized spacial score (nSPS) is 12.3. The van der Waals surface area contributed by atoms with E-state index < -0.39 is 0 Å². The van der Waals surface area contributed by atoms with Gasteiger partial charge in [-0.3, -0.25) is 4.68 Å². The predicted octanol–water partition coefficient (Wildman–Crippen LogP) is 0.170. The summed E-state index contributed by atoms with van der Waals surface area (Å²) in [6, 6.07) is 2.36. The Hall–Kier alpha value is -1.41. The molecule has 5 nitrogen and oxygen atoms in total. The second kappa shape index (κ2) is 5.27. The van der Waals surface area contributed by atoms with Gasteiger partial charge in [-0.2, -0.15) is 5.26 Å². The summed E-state index contributed by atoms with van der Waals surface area (Å²) in [7, 11) is 0. The summed E-state index contributed by atoms with van der Waals surface area (Å²) < 4.78 is 1.76. The van der Waals surface area contributed by atoms with Gasteiger partial charge in [0.1, 0.15) is 0 Å². The molecule has 0 fully saturated rings. The van der Waals surface area contributed by atoms with Crippen LogP contribution in [-0.4, -0.2) is 27.6 Å². The number of hydrogen-bond acceptors (Lipinski definition) is 4. The average Bonchev–Trinajstić information content (AvgIpc) is 2.57. The third kappa shape index (κ3) is 3.67. The molecule has 1 aromatic rings. The quantitative estimate of drug-likeness (QED) is 0.699. The van der Waals surface area contributed by atoms with E-state index >= 15 is 0 Å². The molecule has 1 aromatic heterocycles. The zero-order valence-electron chi connectivity index (χ0n) is 7.64. The van der Waals surface area contributed by atoms with Crippen molar-refractivity contribution < 1.29 is 0 Å². The molecule has 1 atom stereocenters. The van der Waals surface area contributed by atoms with Crippen molar-refractivity contribution in [1.29, 1.82) is 5.26 Å². The SMILES string of the molecule is CC(CC#N)NCCn1ccnn1. The van der Waals surface area contributed by atoms with Crippen molar-refractivity contribution in [2.75, 3.05) is 6.54 Å². The Morgan fingerprint density at radius 3 is 3.15 bits per heavy atom. The zero-order chi connectivity index (χ0) is 9.52. The van der Waals surface area contributed by atoms with Crippen molar-refractivity contribution in [2.45, 2.75) is 25.9 Å². The van der Waals surface area contributed by atoms with Crippen LogP contribution in [0.5, 0.6) is 0 Å². The van der Waals surface area contributed by atoms with Gasteiger partial charge >= 0.3 is 0 Å². The Morgan fingerprint density at radius 2 is 2.54 bits per heavy atom. The van der Waals surface area contributed by atoms with E-state index in [2.05, 4.69) is 21.7 Å². The van der Waals surface area contributed by atoms with Gasteiger partial charge in [-0.05, 0) is 6.92 Å². The number of nitrogens with zero attached hydrogens (tertiary/aromatic N) is 4. The Kier molecular flexibility index (Phi) is 3.93. The van der Waals surface area contributed by atoms with Gasteiger partial charge in [0.15, 0.2) is 0 Å². The second-order valence-corrected chi connectivity index (χ2v) is 2.88. The highest BCUT2D eigenvalue weighted by Crippen LogP contribution is 1.87. The maximum Gasteiger partial charge on any atom is 0.0692 e. The van der Waals surface area contributed by atoms with Gasteiger partial charge in [-0.25, -0.2) is 0 Å². The highest BCUT2D eigenvalue weighted by Gasteiger charge is 1.98. The van der Waals surface area contributed by atoms with Gasteiger partial charge < -0.3 is 5.32 Å². The first-order valence-corrected chi connectivity index (χ1v) is 4.27. The molecular formula is C8H13N5. The van der Waals surface area contributed by atoms with Crippen LogP contribution in [0.25, 0.3) is 0 Å². The minimum atomic E-state index is 0.244. The van der Waals surface area contributed by atoms with Gasteiger partial charge in [-0.15, -0.1) is 5.10 Å². The third-order valence-electron chi connectivity index (χ3n) is 1.70. The predicted molar refractivity (Wildman–Crippen MR) is 47.7 cm³/mol. The summed E-state index contributed by atoms with van der Waals surface area (Å²) in [6.45, 7) is 3.59. The number of hydrogen-bond donors (Lipinski definition) is 1. The van der Waals surface area contributed by atoms with Crippen molar-refractivity contribution >= 4 is 0 Å². The molecule has 0 saturated carbocycles. The highest BCUT2D eigenvalue weighted by molar-refractivity contribution is 4.77. The van der Waals surface area contributed by atoms with Gasteiger partial charge in [0.05, 0.1) is 25.2 Å². The van der Waals surface area contributed by atoms with Crippen LogP contribution in [0.15, 0.2) is 12.4 Å². The minimum absolute atomic E-state index is 0.244. The lowest BCUT2D eigenvalue weighted by atomic mass is 10.2. The number of nitrogens with one attached hydrogen (secondary N) is 1. The zero-order valence-corrected chi connectivity index (χ0v) is 7.64. The maximum absolute atomic E-state index is 8.40. The number of rotatable bonds is 5. The van der Waals surface area contributed by atoms with Crippen molar-refractivity contribution in [2.24, 2.45) is 0 Å². The lowest BCUT2D eigenvalue weighted by molar-refractivity contribution is 0.492. The molecule has 1 N–H and O–H groups in total. The van der Waals surface area contributed by atoms with E-state index in [1.54, 1.807) is 10.9 Å². The van der Waals surface area contributed by atoms with E-state index in [4.69, 9.17) is 5.26 Å². The van der Waals surface area contributed by atoms with E-state index in [0.717, 1.165) is 13.1 Å². The summed E-state index contributed by atoms with van der Waals surface area (Å²) in [4.78, 5) is 0. The van der Waals surface area contributed by atoms with Crippen molar-refractivity contribution in [1.82, 2.24) is 20.3 Å². The molecule has 0 radical (unpaired) electrons. The summed E-state index contributed by atoms with van der Waals surface area (Å²) in [6.07, 6.45) is 4.01. The van der Waals surface area contributed by atoms with Crippen LogP contribution in [0.4, 0.5) is 0 Å². The largest absolute Gasteiger partial charge is 0.311 e. The Balaban J connectivity index is 2.11. The molecule has 5 heteroatoms. The molecule has 0 aliphatic rings. The van der Waals surface area contributed by atoms with E-state index in [-0.39, 0.29) is 6.04 Å². The Morgan fingerprint density at radius 1 is 1.69 bits per heavy atom. The Labute approximate surface area is 77.4 Å². The molecule has 0 amide bonds. The number of aromatic nitrogens is 3. The van der Waals surface area contributed by atoms with Crippen molar-refractivity contribution in [3.8, 4) is 6.07 Å². The molecule has 1 unspecified atom stereocenters. The standard InChI is InChI=1S/C8H13N5/c1-8(2-3-9)10-4-6-13-7-5-11-12-13/h5,7-8,10H,2,4,6H2,1H3. The monoisotopic (exact) mass is 179 g/mol. The smallest absolute Gasteiger partial charge is 0.0692 e. The molecule has 0 bridgehead atoms. The lowest BCUT2D eigenvalue weighted by Crippen LogP contribution is -2.29. The molecule has 0 aromatic carbocycles. The van der Waals surface area contributed by atoms with Crippen molar-refractivity contribution in [3.63, 3.8) is 0 Å². The van der Waals surface area contributed by atoms with Crippen molar-refractivity contribution in [3.05, 3.63) is 12.4 Å². The van der Waals surface area contributed by atoms with E-state index in [1.165, 1.54) is 0 Å². The topological polar surface area (TPSA) is 66.5 Å². The van der Waals surface area contributed by atoms with Crippen LogP contribution >= 0.6 is 0 Å². The van der Waals surface area contributed by atoms with Crippen LogP contribution in [-0.2, 0) is 6.54 Å². The lowest BCUT2D eigenvalue weighted by Gasteiger charge is -2.08. The first-order chi connectivity index (χ1) is 6.33. The van der Waals surface area contributed by atoms with Crippen LogP contribution in [0.2, 0.25) is 0 Å². The maximum atomic E-state index is 8.40. The van der Waals surface area contributed by atoms with Crippen LogP contribution in [0.1, 0.15) is 13.3 Å². The van der Waals surface area contributed by atoms with Gasteiger partial charge in [0.25, 0.3) is 0 Å². The van der Waals surface area contributed by atoms with E-state index in [0.29, 0.717) is 6.42 Å². The van der Waals surface area contributed by atoms with E-state index in [9.17, 15) is 0 Å². The third-order valence-corrected chi connectivity index (χ3v) is 1.70. The molecular weight excluding hydrogens is 166 g/mol. The molecule has 0 saturated heterocycles. The second-order valence-electron chi connectivity index (χ2n) is 2.88. The molecule has 0 aliphatic heterocycles. The summed E-state index contributed by atoms with van der Waals surface area (Å²) in [5.41, 5.74) is 0. The fourth-order valence-corrected chi connectivity index (χ4v) is 0.987. The fourth-order valence-electron chi connectivity index (χ4n) is 0.987. The minimum Gasteiger partial charge on any atom is -0.311 e. The van der Waals surface area contributed by atoms with Crippen LogP contribution in [0, 0.1) is 11.3 Å². The van der Waals surface area contributed by atoms with Gasteiger partial charge in [0.2, 0.25) is 0 Å². The van der Waals surface area contributed by atoms with E-state index in [1.807, 2.05) is 13.1 Å². The molecule has 0 aliphatic carbocycles. The Bertz CT molecular complexity index is 261. The molecule has 1 heterocycles. The van der Waals surface area contributed by atoms with Crippen LogP contribution < -0.4 is 5.32 Å². The molecule has 70 valence electrons.